The van der Waals surface area contributed by atoms with Crippen LogP contribution in [0.3, 0.4) is 0 Å². The monoisotopic (exact) mass is 395 g/mol. The second-order valence-corrected chi connectivity index (χ2v) is 8.63. The van der Waals surface area contributed by atoms with Crippen LogP contribution in [-0.4, -0.2) is 59.9 Å². The van der Waals surface area contributed by atoms with E-state index in [1.54, 1.807) is 0 Å². The summed E-state index contributed by atoms with van der Waals surface area (Å²) in [5.74, 6) is -0.254. The van der Waals surface area contributed by atoms with E-state index in [0.29, 0.717) is 19.0 Å². The number of hydrogen-bond donors (Lipinski definition) is 1. The van der Waals surface area contributed by atoms with Crippen molar-refractivity contribution in [2.75, 3.05) is 32.7 Å². The molecule has 2 fully saturated rings. The lowest BCUT2D eigenvalue weighted by Gasteiger charge is -2.49. The highest BCUT2D eigenvalue weighted by Gasteiger charge is 2.39. The third-order valence-corrected chi connectivity index (χ3v) is 5.94. The molecule has 0 aliphatic carbocycles. The van der Waals surface area contributed by atoms with Crippen LogP contribution < -0.4 is 5.32 Å². The number of halogens is 2. The van der Waals surface area contributed by atoms with Crippen molar-refractivity contribution in [2.45, 2.75) is 38.6 Å². The fourth-order valence-corrected chi connectivity index (χ4v) is 4.00. The zero-order valence-corrected chi connectivity index (χ0v) is 16.7. The van der Waals surface area contributed by atoms with E-state index >= 15 is 0 Å². The van der Waals surface area contributed by atoms with Crippen LogP contribution in [0.4, 0.5) is 4.39 Å². The van der Waals surface area contributed by atoms with Crippen molar-refractivity contribution in [1.29, 1.82) is 0 Å². The van der Waals surface area contributed by atoms with Crippen LogP contribution in [0.2, 0.25) is 5.02 Å². The molecular formula is C20H27ClFN3O2. The first-order chi connectivity index (χ1) is 12.7. The lowest BCUT2D eigenvalue weighted by Crippen LogP contribution is -2.60. The zero-order valence-electron chi connectivity index (χ0n) is 15.9. The molecule has 2 saturated heterocycles. The van der Waals surface area contributed by atoms with Crippen LogP contribution in [0, 0.1) is 11.7 Å². The number of rotatable bonds is 5. The van der Waals surface area contributed by atoms with Gasteiger partial charge in [-0.3, -0.25) is 14.5 Å². The average molecular weight is 396 g/mol. The summed E-state index contributed by atoms with van der Waals surface area (Å²) in [5, 5.41) is 3.08. The van der Waals surface area contributed by atoms with Gasteiger partial charge in [0.05, 0.1) is 6.54 Å². The summed E-state index contributed by atoms with van der Waals surface area (Å²) >= 11 is 5.80. The van der Waals surface area contributed by atoms with Gasteiger partial charge in [-0.25, -0.2) is 4.39 Å². The Balaban J connectivity index is 1.40. The van der Waals surface area contributed by atoms with E-state index in [4.69, 9.17) is 11.6 Å². The van der Waals surface area contributed by atoms with Crippen molar-refractivity contribution in [3.05, 3.63) is 34.6 Å². The lowest BCUT2D eigenvalue weighted by atomic mass is 9.89. The second-order valence-electron chi connectivity index (χ2n) is 8.20. The van der Waals surface area contributed by atoms with Crippen LogP contribution in [0.25, 0.3) is 0 Å². The highest BCUT2D eigenvalue weighted by molar-refractivity contribution is 6.31. The van der Waals surface area contributed by atoms with Crippen molar-refractivity contribution < 1.29 is 14.0 Å². The van der Waals surface area contributed by atoms with E-state index in [9.17, 15) is 14.0 Å². The van der Waals surface area contributed by atoms with Crippen molar-refractivity contribution >= 4 is 23.4 Å². The van der Waals surface area contributed by atoms with Crippen LogP contribution in [0.15, 0.2) is 18.2 Å². The highest BCUT2D eigenvalue weighted by atomic mass is 35.5. The zero-order chi connectivity index (χ0) is 19.6. The molecule has 0 atom stereocenters. The van der Waals surface area contributed by atoms with Crippen molar-refractivity contribution in [3.8, 4) is 0 Å². The first-order valence-corrected chi connectivity index (χ1v) is 9.89. The summed E-state index contributed by atoms with van der Waals surface area (Å²) in [6, 6.07) is 3.83. The number of nitrogens with one attached hydrogen (secondary N) is 1. The molecule has 5 nitrogen and oxygen atoms in total. The van der Waals surface area contributed by atoms with Crippen molar-refractivity contribution in [2.24, 2.45) is 5.92 Å². The number of amides is 2. The third-order valence-electron chi connectivity index (χ3n) is 5.72. The van der Waals surface area contributed by atoms with E-state index in [1.807, 2.05) is 4.90 Å². The molecule has 2 aliphatic rings. The minimum atomic E-state index is -0.518. The predicted molar refractivity (Wildman–Crippen MR) is 103 cm³/mol. The van der Waals surface area contributed by atoms with E-state index in [1.165, 1.54) is 18.2 Å². The Morgan fingerprint density at radius 1 is 1.22 bits per heavy atom. The Morgan fingerprint density at radius 3 is 2.48 bits per heavy atom. The number of benzene rings is 1. The fourth-order valence-electron chi connectivity index (χ4n) is 3.78. The van der Waals surface area contributed by atoms with Crippen molar-refractivity contribution in [1.82, 2.24) is 15.1 Å². The van der Waals surface area contributed by atoms with Crippen LogP contribution in [-0.2, 0) is 4.79 Å². The standard InChI is InChI=1S/C20H27ClFN3O2/c1-20(2)5-8-25(20)18(26)13-24-6-3-14(4-7-24)12-23-19(27)15-9-16(21)11-17(22)10-15/h9-11,14H,3-8,12-13H2,1-2H3,(H,23,27). The van der Waals surface area contributed by atoms with E-state index in [0.717, 1.165) is 38.9 Å². The maximum absolute atomic E-state index is 13.4. The molecule has 27 heavy (non-hydrogen) atoms. The highest BCUT2D eigenvalue weighted by Crippen LogP contribution is 2.29. The van der Waals surface area contributed by atoms with Gasteiger partial charge < -0.3 is 10.2 Å². The number of carbonyl (C=O) groups is 2. The molecular weight excluding hydrogens is 369 g/mol. The lowest BCUT2D eigenvalue weighted by molar-refractivity contribution is -0.146. The predicted octanol–water partition coefficient (Wildman–Crippen LogP) is 2.93. The molecule has 0 saturated carbocycles. The molecule has 0 radical (unpaired) electrons. The molecule has 148 valence electrons. The van der Waals surface area contributed by atoms with Gasteiger partial charge in [0.15, 0.2) is 0 Å². The Morgan fingerprint density at radius 2 is 1.93 bits per heavy atom. The van der Waals surface area contributed by atoms with Gasteiger partial charge in [0.1, 0.15) is 5.82 Å². The second kappa shape index (κ2) is 8.15. The molecule has 0 bridgehead atoms. The number of piperidine rings is 1. The smallest absolute Gasteiger partial charge is 0.251 e. The molecule has 2 aliphatic heterocycles. The number of nitrogens with zero attached hydrogens (tertiary/aromatic N) is 2. The van der Waals surface area contributed by atoms with Crippen LogP contribution in [0.5, 0.6) is 0 Å². The van der Waals surface area contributed by atoms with Gasteiger partial charge in [-0.2, -0.15) is 0 Å². The van der Waals surface area contributed by atoms with Gasteiger partial charge in [-0.05, 0) is 70.3 Å². The molecule has 0 unspecified atom stereocenters. The summed E-state index contributed by atoms with van der Waals surface area (Å²) in [5.41, 5.74) is 0.236. The largest absolute Gasteiger partial charge is 0.352 e. The van der Waals surface area contributed by atoms with Gasteiger partial charge in [0.25, 0.3) is 5.91 Å². The topological polar surface area (TPSA) is 52.7 Å². The van der Waals surface area contributed by atoms with E-state index < -0.39 is 5.82 Å². The first-order valence-electron chi connectivity index (χ1n) is 9.52. The number of carbonyl (C=O) groups excluding carboxylic acids is 2. The first kappa shape index (κ1) is 20.1. The summed E-state index contributed by atoms with van der Waals surface area (Å²) in [6.07, 6.45) is 2.93. The molecule has 1 aromatic rings. The quantitative estimate of drug-likeness (QED) is 0.834. The minimum absolute atomic E-state index is 0.000500. The molecule has 2 heterocycles. The molecule has 0 spiro atoms. The Bertz CT molecular complexity index is 697. The van der Waals surface area contributed by atoms with Crippen LogP contribution >= 0.6 is 11.6 Å². The average Bonchev–Trinajstić information content (AvgIpc) is 2.59. The Hall–Kier alpha value is -1.66. The Kier molecular flexibility index (Phi) is 6.06. The van der Waals surface area contributed by atoms with Gasteiger partial charge in [0, 0.05) is 29.2 Å². The maximum atomic E-state index is 13.4. The van der Waals surface area contributed by atoms with E-state index in [-0.39, 0.29) is 27.9 Å². The summed E-state index contributed by atoms with van der Waals surface area (Å²) in [6.45, 7) is 7.81. The normalized spacial score (nSPS) is 20.2. The molecule has 7 heteroatoms. The maximum Gasteiger partial charge on any atom is 0.251 e. The van der Waals surface area contributed by atoms with Crippen molar-refractivity contribution in [3.63, 3.8) is 0 Å². The summed E-state index contributed by atoms with van der Waals surface area (Å²) < 4.78 is 13.4. The molecule has 1 aromatic carbocycles. The molecule has 1 N–H and O–H groups in total. The third kappa shape index (κ3) is 4.99. The van der Waals surface area contributed by atoms with Gasteiger partial charge in [0.2, 0.25) is 5.91 Å². The molecule has 3 rings (SSSR count). The Labute approximate surface area is 164 Å². The number of likely N-dealkylation sites (tertiary alicyclic amines) is 2. The van der Waals surface area contributed by atoms with Gasteiger partial charge >= 0.3 is 0 Å². The van der Waals surface area contributed by atoms with Gasteiger partial charge in [-0.15, -0.1) is 0 Å². The van der Waals surface area contributed by atoms with Crippen LogP contribution in [0.1, 0.15) is 43.5 Å². The number of hydrogen-bond acceptors (Lipinski definition) is 3. The minimum Gasteiger partial charge on any atom is -0.352 e. The SMILES string of the molecule is CC1(C)CCN1C(=O)CN1CCC(CNC(=O)c2cc(F)cc(Cl)c2)CC1. The fraction of sp³-hybridized carbons (Fsp3) is 0.600. The van der Waals surface area contributed by atoms with E-state index in [2.05, 4.69) is 24.1 Å². The molecule has 2 amide bonds. The molecule has 0 aromatic heterocycles. The van der Waals surface area contributed by atoms with Gasteiger partial charge in [-0.1, -0.05) is 11.6 Å². The summed E-state index contributed by atoms with van der Waals surface area (Å²) in [7, 11) is 0. The summed E-state index contributed by atoms with van der Waals surface area (Å²) in [4.78, 5) is 28.7.